The number of esters is 1. The van der Waals surface area contributed by atoms with Crippen LogP contribution in [0, 0.1) is 0 Å². The largest absolute Gasteiger partial charge is 0.457 e. The summed E-state index contributed by atoms with van der Waals surface area (Å²) >= 11 is 0. The lowest BCUT2D eigenvalue weighted by Gasteiger charge is -2.39. The van der Waals surface area contributed by atoms with Gasteiger partial charge in [0.25, 0.3) is 0 Å². The number of ether oxygens (including phenoxy) is 4. The number of aliphatic hydroxyl groups is 4. The van der Waals surface area contributed by atoms with Crippen LogP contribution in [0.3, 0.4) is 0 Å². The lowest BCUT2D eigenvalue weighted by Crippen LogP contribution is -2.59. The minimum absolute atomic E-state index is 0.118. The number of carbonyl (C=O) groups is 1. The zero-order valence-corrected chi connectivity index (χ0v) is 26.5. The van der Waals surface area contributed by atoms with Crippen molar-refractivity contribution in [1.29, 1.82) is 0 Å². The van der Waals surface area contributed by atoms with E-state index in [1.165, 1.54) is 89.9 Å². The minimum atomic E-state index is -1.53. The molecule has 0 aliphatic carbocycles. The van der Waals surface area contributed by atoms with E-state index in [1.54, 1.807) is 0 Å². The number of allylic oxidation sites excluding steroid dienone is 2. The van der Waals surface area contributed by atoms with Gasteiger partial charge in [-0.25, -0.2) is 0 Å². The molecule has 0 amide bonds. The van der Waals surface area contributed by atoms with E-state index in [-0.39, 0.29) is 25.6 Å². The summed E-state index contributed by atoms with van der Waals surface area (Å²) < 4.78 is 22.2. The van der Waals surface area contributed by atoms with Crippen molar-refractivity contribution in [1.82, 2.24) is 0 Å². The highest BCUT2D eigenvalue weighted by Crippen LogP contribution is 2.22. The molecular formula is C33H62O9. The third-order valence-electron chi connectivity index (χ3n) is 7.65. The van der Waals surface area contributed by atoms with Crippen molar-refractivity contribution >= 4 is 5.97 Å². The summed E-state index contributed by atoms with van der Waals surface area (Å²) in [5.74, 6) is -0.368. The summed E-state index contributed by atoms with van der Waals surface area (Å²) in [7, 11) is 0. The standard InChI is InChI=1S/C33H62O9/c1-3-5-6-7-8-9-10-11-12-13-14-15-16-17-18-19-20-21-23-39-25-27(41-29(35)22-4-2)26-40-33-32(38)31(37)30(36)28(24-34)42-33/h11-12,27-28,30-34,36-38H,3-10,13-26H2,1-2H3/b12-11-. The fourth-order valence-electron chi connectivity index (χ4n) is 4.99. The fourth-order valence-corrected chi connectivity index (χ4v) is 4.99. The third-order valence-corrected chi connectivity index (χ3v) is 7.65. The zero-order valence-electron chi connectivity index (χ0n) is 26.5. The predicted molar refractivity (Wildman–Crippen MR) is 164 cm³/mol. The monoisotopic (exact) mass is 602 g/mol. The first-order valence-corrected chi connectivity index (χ1v) is 16.8. The van der Waals surface area contributed by atoms with Crippen molar-refractivity contribution < 1.29 is 44.2 Å². The summed E-state index contributed by atoms with van der Waals surface area (Å²) in [6, 6.07) is 0. The Hall–Kier alpha value is -1.07. The van der Waals surface area contributed by atoms with Crippen LogP contribution in [0.25, 0.3) is 0 Å². The molecule has 0 bridgehead atoms. The van der Waals surface area contributed by atoms with E-state index < -0.39 is 43.4 Å². The maximum absolute atomic E-state index is 12.0. The predicted octanol–water partition coefficient (Wildman–Crippen LogP) is 5.35. The van der Waals surface area contributed by atoms with E-state index in [0.29, 0.717) is 13.0 Å². The molecule has 0 spiro atoms. The van der Waals surface area contributed by atoms with Gasteiger partial charge < -0.3 is 39.4 Å². The highest BCUT2D eigenvalue weighted by molar-refractivity contribution is 5.69. The maximum atomic E-state index is 12.0. The number of carbonyl (C=O) groups excluding carboxylic acids is 1. The van der Waals surface area contributed by atoms with E-state index >= 15 is 0 Å². The van der Waals surface area contributed by atoms with Crippen molar-refractivity contribution in [3.05, 3.63) is 12.2 Å². The Kier molecular flexibility index (Phi) is 24.4. The van der Waals surface area contributed by atoms with Gasteiger partial charge in [-0.3, -0.25) is 4.79 Å². The molecule has 4 N–H and O–H groups in total. The van der Waals surface area contributed by atoms with Crippen LogP contribution in [-0.4, -0.2) is 89.6 Å². The van der Waals surface area contributed by atoms with E-state index in [9.17, 15) is 25.2 Å². The van der Waals surface area contributed by atoms with Gasteiger partial charge in [0, 0.05) is 13.0 Å². The quantitative estimate of drug-likeness (QED) is 0.0557. The Bertz CT molecular complexity index is 657. The Balaban J connectivity index is 2.11. The van der Waals surface area contributed by atoms with E-state index in [4.69, 9.17) is 18.9 Å². The average Bonchev–Trinajstić information content (AvgIpc) is 2.98. The molecule has 0 aromatic heterocycles. The third kappa shape index (κ3) is 18.6. The van der Waals surface area contributed by atoms with Gasteiger partial charge in [0.1, 0.15) is 30.5 Å². The van der Waals surface area contributed by atoms with Gasteiger partial charge in [0.2, 0.25) is 0 Å². The molecule has 0 radical (unpaired) electrons. The highest BCUT2D eigenvalue weighted by Gasteiger charge is 2.44. The van der Waals surface area contributed by atoms with Gasteiger partial charge in [-0.1, -0.05) is 96.6 Å². The Morgan fingerprint density at radius 3 is 1.88 bits per heavy atom. The van der Waals surface area contributed by atoms with E-state index in [0.717, 1.165) is 12.8 Å². The lowest BCUT2D eigenvalue weighted by atomic mass is 9.99. The van der Waals surface area contributed by atoms with E-state index in [2.05, 4.69) is 19.1 Å². The Labute approximate surface area is 255 Å². The fraction of sp³-hybridized carbons (Fsp3) is 0.909. The van der Waals surface area contributed by atoms with Crippen molar-refractivity contribution in [3.63, 3.8) is 0 Å². The summed E-state index contributed by atoms with van der Waals surface area (Å²) in [4.78, 5) is 12.0. The SMILES string of the molecule is CCCCCCCC/C=C\CCCCCCCCCCOCC(COC1OC(CO)C(O)C(O)C1O)OC(=O)CCC. The summed E-state index contributed by atoms with van der Waals surface area (Å²) in [6.07, 6.45) is 18.3. The molecular weight excluding hydrogens is 540 g/mol. The van der Waals surface area contributed by atoms with Crippen LogP contribution in [0.4, 0.5) is 0 Å². The molecule has 0 saturated carbocycles. The summed E-state index contributed by atoms with van der Waals surface area (Å²) in [6.45, 7) is 4.17. The molecule has 9 nitrogen and oxygen atoms in total. The van der Waals surface area contributed by atoms with Crippen molar-refractivity contribution in [2.75, 3.05) is 26.4 Å². The van der Waals surface area contributed by atoms with Crippen LogP contribution >= 0.6 is 0 Å². The minimum Gasteiger partial charge on any atom is -0.457 e. The number of rotatable bonds is 27. The van der Waals surface area contributed by atoms with Crippen LogP contribution in [0.1, 0.15) is 129 Å². The molecule has 1 aliphatic heterocycles. The topological polar surface area (TPSA) is 135 Å². The first-order valence-electron chi connectivity index (χ1n) is 16.8. The molecule has 1 saturated heterocycles. The number of aliphatic hydroxyl groups excluding tert-OH is 4. The molecule has 42 heavy (non-hydrogen) atoms. The van der Waals surface area contributed by atoms with E-state index in [1.807, 2.05) is 6.92 Å². The molecule has 0 aromatic carbocycles. The molecule has 9 heteroatoms. The van der Waals surface area contributed by atoms with Gasteiger partial charge in [-0.15, -0.1) is 0 Å². The first kappa shape index (κ1) is 39.0. The zero-order chi connectivity index (χ0) is 30.8. The lowest BCUT2D eigenvalue weighted by molar-refractivity contribution is -0.305. The van der Waals surface area contributed by atoms with Gasteiger partial charge in [-0.05, 0) is 38.5 Å². The molecule has 1 heterocycles. The number of hydrogen-bond donors (Lipinski definition) is 4. The molecule has 6 atom stereocenters. The van der Waals surface area contributed by atoms with Crippen LogP contribution in [-0.2, 0) is 23.7 Å². The second kappa shape index (κ2) is 26.3. The van der Waals surface area contributed by atoms with Crippen molar-refractivity contribution in [3.8, 4) is 0 Å². The molecule has 1 rings (SSSR count). The summed E-state index contributed by atoms with van der Waals surface area (Å²) in [5, 5.41) is 39.4. The number of hydrogen-bond acceptors (Lipinski definition) is 9. The van der Waals surface area contributed by atoms with Gasteiger partial charge >= 0.3 is 5.97 Å². The van der Waals surface area contributed by atoms with Crippen molar-refractivity contribution in [2.45, 2.75) is 166 Å². The number of unbranched alkanes of at least 4 members (excludes halogenated alkanes) is 14. The van der Waals surface area contributed by atoms with Crippen molar-refractivity contribution in [2.24, 2.45) is 0 Å². The smallest absolute Gasteiger partial charge is 0.306 e. The second-order valence-electron chi connectivity index (χ2n) is 11.6. The van der Waals surface area contributed by atoms with Gasteiger partial charge in [0.05, 0.1) is 19.8 Å². The normalized spacial score (nSPS) is 23.4. The maximum Gasteiger partial charge on any atom is 0.306 e. The Morgan fingerprint density at radius 1 is 0.738 bits per heavy atom. The van der Waals surface area contributed by atoms with Crippen LogP contribution in [0.15, 0.2) is 12.2 Å². The van der Waals surface area contributed by atoms with Crippen LogP contribution in [0.5, 0.6) is 0 Å². The van der Waals surface area contributed by atoms with Gasteiger partial charge in [-0.2, -0.15) is 0 Å². The molecule has 0 aromatic rings. The average molecular weight is 603 g/mol. The van der Waals surface area contributed by atoms with Crippen LogP contribution in [0.2, 0.25) is 0 Å². The Morgan fingerprint density at radius 2 is 1.31 bits per heavy atom. The molecule has 248 valence electrons. The van der Waals surface area contributed by atoms with Gasteiger partial charge in [0.15, 0.2) is 6.29 Å². The summed E-state index contributed by atoms with van der Waals surface area (Å²) in [5.41, 5.74) is 0. The molecule has 1 aliphatic rings. The highest BCUT2D eigenvalue weighted by atomic mass is 16.7. The first-order chi connectivity index (χ1) is 20.4. The van der Waals surface area contributed by atoms with Crippen LogP contribution < -0.4 is 0 Å². The second-order valence-corrected chi connectivity index (χ2v) is 11.6. The molecule has 1 fully saturated rings. The molecule has 6 unspecified atom stereocenters.